The average molecular weight is 266 g/mol. The highest BCUT2D eigenvalue weighted by atomic mass is 16.5. The molecule has 5 heteroatoms. The van der Waals surface area contributed by atoms with E-state index < -0.39 is 0 Å². The quantitative estimate of drug-likeness (QED) is 0.819. The number of likely N-dealkylation sites (N-methyl/N-ethyl adjacent to an activating group) is 1. The summed E-state index contributed by atoms with van der Waals surface area (Å²) in [5.41, 5.74) is 0.985. The predicted octanol–water partition coefficient (Wildman–Crippen LogP) is 1.49. The Kier molecular flexibility index (Phi) is 5.63. The molecule has 1 rings (SSSR count). The standard InChI is InChI=1S/C14H22N2O3/c1-9(16-10(2)14(17)15-3)12-7-6-11(18-4)8-13(12)19-5/h6-10,16H,1-5H3,(H,15,17). The first-order valence-electron chi connectivity index (χ1n) is 6.23. The maximum absolute atomic E-state index is 11.5. The van der Waals surface area contributed by atoms with Crippen LogP contribution in [0.25, 0.3) is 0 Å². The van der Waals surface area contributed by atoms with Crippen molar-refractivity contribution in [1.29, 1.82) is 0 Å². The second-order valence-electron chi connectivity index (χ2n) is 4.33. The van der Waals surface area contributed by atoms with Crippen LogP contribution in [0.1, 0.15) is 25.5 Å². The molecular weight excluding hydrogens is 244 g/mol. The Balaban J connectivity index is 2.87. The van der Waals surface area contributed by atoms with Crippen molar-refractivity contribution in [2.24, 2.45) is 0 Å². The monoisotopic (exact) mass is 266 g/mol. The number of hydrogen-bond donors (Lipinski definition) is 2. The highest BCUT2D eigenvalue weighted by molar-refractivity contribution is 5.81. The molecule has 0 aliphatic rings. The lowest BCUT2D eigenvalue weighted by atomic mass is 10.1. The first-order chi connectivity index (χ1) is 9.03. The van der Waals surface area contributed by atoms with Gasteiger partial charge >= 0.3 is 0 Å². The molecule has 0 spiro atoms. The summed E-state index contributed by atoms with van der Waals surface area (Å²) in [4.78, 5) is 11.5. The maximum atomic E-state index is 11.5. The van der Waals surface area contributed by atoms with Gasteiger partial charge < -0.3 is 14.8 Å². The van der Waals surface area contributed by atoms with Gasteiger partial charge in [-0.15, -0.1) is 0 Å². The van der Waals surface area contributed by atoms with Gasteiger partial charge in [0.1, 0.15) is 11.5 Å². The molecule has 2 unspecified atom stereocenters. The number of carbonyl (C=O) groups is 1. The van der Waals surface area contributed by atoms with Crippen LogP contribution in [0.15, 0.2) is 18.2 Å². The summed E-state index contributed by atoms with van der Waals surface area (Å²) >= 11 is 0. The van der Waals surface area contributed by atoms with Gasteiger partial charge in [0.2, 0.25) is 5.91 Å². The maximum Gasteiger partial charge on any atom is 0.236 e. The minimum Gasteiger partial charge on any atom is -0.497 e. The van der Waals surface area contributed by atoms with Crippen molar-refractivity contribution in [2.75, 3.05) is 21.3 Å². The molecule has 0 bridgehead atoms. The number of nitrogens with one attached hydrogen (secondary N) is 2. The summed E-state index contributed by atoms with van der Waals surface area (Å²) < 4.78 is 10.5. The summed E-state index contributed by atoms with van der Waals surface area (Å²) in [6.07, 6.45) is 0. The van der Waals surface area contributed by atoms with Crippen molar-refractivity contribution in [3.8, 4) is 11.5 Å². The van der Waals surface area contributed by atoms with Gasteiger partial charge in [0, 0.05) is 24.7 Å². The van der Waals surface area contributed by atoms with Crippen molar-refractivity contribution in [2.45, 2.75) is 25.9 Å². The van der Waals surface area contributed by atoms with E-state index in [2.05, 4.69) is 10.6 Å². The molecule has 2 atom stereocenters. The number of carbonyl (C=O) groups excluding carboxylic acids is 1. The summed E-state index contributed by atoms with van der Waals surface area (Å²) in [5.74, 6) is 1.44. The molecule has 1 amide bonds. The zero-order chi connectivity index (χ0) is 14.4. The van der Waals surface area contributed by atoms with Crippen molar-refractivity contribution >= 4 is 5.91 Å². The van der Waals surface area contributed by atoms with Crippen molar-refractivity contribution in [3.63, 3.8) is 0 Å². The molecule has 1 aromatic rings. The minimum atomic E-state index is -0.271. The smallest absolute Gasteiger partial charge is 0.236 e. The van der Waals surface area contributed by atoms with Crippen molar-refractivity contribution < 1.29 is 14.3 Å². The number of rotatable bonds is 6. The fourth-order valence-electron chi connectivity index (χ4n) is 1.93. The Hall–Kier alpha value is -1.75. The summed E-state index contributed by atoms with van der Waals surface area (Å²) in [6, 6.07) is 5.37. The summed E-state index contributed by atoms with van der Waals surface area (Å²) in [6.45, 7) is 3.81. The number of hydrogen-bond acceptors (Lipinski definition) is 4. The fourth-order valence-corrected chi connectivity index (χ4v) is 1.93. The number of ether oxygens (including phenoxy) is 2. The van der Waals surface area contributed by atoms with Crippen LogP contribution in [0.4, 0.5) is 0 Å². The van der Waals surface area contributed by atoms with E-state index in [1.165, 1.54) is 0 Å². The predicted molar refractivity (Wildman–Crippen MR) is 74.6 cm³/mol. The van der Waals surface area contributed by atoms with Gasteiger partial charge in [0.15, 0.2) is 0 Å². The van der Waals surface area contributed by atoms with E-state index in [0.717, 1.165) is 17.1 Å². The van der Waals surface area contributed by atoms with Crippen LogP contribution < -0.4 is 20.1 Å². The third-order valence-electron chi connectivity index (χ3n) is 3.05. The number of methoxy groups -OCH3 is 2. The number of benzene rings is 1. The fraction of sp³-hybridized carbons (Fsp3) is 0.500. The Morgan fingerprint density at radius 2 is 1.89 bits per heavy atom. The van der Waals surface area contributed by atoms with E-state index in [0.29, 0.717) is 0 Å². The lowest BCUT2D eigenvalue weighted by Gasteiger charge is -2.21. The molecule has 19 heavy (non-hydrogen) atoms. The Morgan fingerprint density at radius 1 is 1.21 bits per heavy atom. The van der Waals surface area contributed by atoms with Gasteiger partial charge in [0.05, 0.1) is 20.3 Å². The summed E-state index contributed by atoms with van der Waals surface area (Å²) in [7, 11) is 4.86. The van der Waals surface area contributed by atoms with Crippen LogP contribution in [0.3, 0.4) is 0 Å². The van der Waals surface area contributed by atoms with Gasteiger partial charge in [-0.2, -0.15) is 0 Å². The Bertz CT molecular complexity index is 435. The van der Waals surface area contributed by atoms with Crippen LogP contribution in [0.2, 0.25) is 0 Å². The molecule has 0 aliphatic carbocycles. The zero-order valence-corrected chi connectivity index (χ0v) is 12.1. The topological polar surface area (TPSA) is 59.6 Å². The van der Waals surface area contributed by atoms with Crippen LogP contribution in [-0.4, -0.2) is 33.2 Å². The number of amides is 1. The van der Waals surface area contributed by atoms with Crippen LogP contribution in [-0.2, 0) is 4.79 Å². The van der Waals surface area contributed by atoms with E-state index in [1.807, 2.05) is 32.0 Å². The molecule has 0 radical (unpaired) electrons. The van der Waals surface area contributed by atoms with Gasteiger partial charge in [-0.3, -0.25) is 10.1 Å². The highest BCUT2D eigenvalue weighted by Gasteiger charge is 2.17. The highest BCUT2D eigenvalue weighted by Crippen LogP contribution is 2.29. The second kappa shape index (κ2) is 6.99. The molecule has 0 saturated carbocycles. The lowest BCUT2D eigenvalue weighted by Crippen LogP contribution is -2.41. The molecule has 0 heterocycles. The van der Waals surface area contributed by atoms with Gasteiger partial charge in [0.25, 0.3) is 0 Å². The molecule has 106 valence electrons. The van der Waals surface area contributed by atoms with E-state index in [4.69, 9.17) is 9.47 Å². The average Bonchev–Trinajstić information content (AvgIpc) is 2.45. The Labute approximate surface area is 114 Å². The van der Waals surface area contributed by atoms with Gasteiger partial charge in [-0.25, -0.2) is 0 Å². The normalized spacial score (nSPS) is 13.5. The zero-order valence-electron chi connectivity index (χ0n) is 12.1. The van der Waals surface area contributed by atoms with Crippen LogP contribution in [0.5, 0.6) is 11.5 Å². The molecule has 2 N–H and O–H groups in total. The SMILES string of the molecule is CNC(=O)C(C)NC(C)c1ccc(OC)cc1OC. The van der Waals surface area contributed by atoms with Crippen LogP contribution >= 0.6 is 0 Å². The van der Waals surface area contributed by atoms with E-state index in [-0.39, 0.29) is 18.0 Å². The van der Waals surface area contributed by atoms with Crippen molar-refractivity contribution in [3.05, 3.63) is 23.8 Å². The summed E-state index contributed by atoms with van der Waals surface area (Å²) in [5, 5.41) is 5.84. The van der Waals surface area contributed by atoms with Gasteiger partial charge in [-0.05, 0) is 19.9 Å². The largest absolute Gasteiger partial charge is 0.497 e. The van der Waals surface area contributed by atoms with Gasteiger partial charge in [-0.1, -0.05) is 6.07 Å². The third kappa shape index (κ3) is 3.86. The van der Waals surface area contributed by atoms with Crippen molar-refractivity contribution in [1.82, 2.24) is 10.6 Å². The second-order valence-corrected chi connectivity index (χ2v) is 4.33. The first-order valence-corrected chi connectivity index (χ1v) is 6.23. The first kappa shape index (κ1) is 15.3. The molecular formula is C14H22N2O3. The van der Waals surface area contributed by atoms with E-state index in [9.17, 15) is 4.79 Å². The molecule has 0 aromatic heterocycles. The van der Waals surface area contributed by atoms with E-state index >= 15 is 0 Å². The minimum absolute atomic E-state index is 0.00634. The third-order valence-corrected chi connectivity index (χ3v) is 3.05. The molecule has 1 aromatic carbocycles. The Morgan fingerprint density at radius 3 is 2.42 bits per heavy atom. The van der Waals surface area contributed by atoms with Crippen LogP contribution in [0, 0.1) is 0 Å². The molecule has 0 fully saturated rings. The molecule has 5 nitrogen and oxygen atoms in total. The molecule has 0 aliphatic heterocycles. The lowest BCUT2D eigenvalue weighted by molar-refractivity contribution is -0.122. The molecule has 0 saturated heterocycles. The van der Waals surface area contributed by atoms with E-state index in [1.54, 1.807) is 21.3 Å².